The van der Waals surface area contributed by atoms with E-state index in [1.165, 1.54) is 18.2 Å². The Morgan fingerprint density at radius 1 is 1.17 bits per heavy atom. The first-order valence-corrected chi connectivity index (χ1v) is 6.63. The van der Waals surface area contributed by atoms with Gasteiger partial charge in [0.25, 0.3) is 0 Å². The maximum absolute atomic E-state index is 13.3. The van der Waals surface area contributed by atoms with Gasteiger partial charge in [0.1, 0.15) is 5.92 Å². The highest BCUT2D eigenvalue weighted by Crippen LogP contribution is 2.36. The number of rotatable bonds is 4. The molecular weight excluding hydrogens is 313 g/mol. The molecule has 7 heteroatoms. The van der Waals surface area contributed by atoms with E-state index in [0.717, 1.165) is 13.2 Å². The molecular formula is C16H13F3O4. The zero-order valence-electron chi connectivity index (χ0n) is 12.1. The Labute approximate surface area is 129 Å². The smallest absolute Gasteiger partial charge is 0.417 e. The summed E-state index contributed by atoms with van der Waals surface area (Å²) in [7, 11) is 0.992. The SMILES string of the molecule is COC(=O)C(CO)C(=O)c1c(C(F)(F)F)ccc2ccccc12. The lowest BCUT2D eigenvalue weighted by Gasteiger charge is -2.17. The van der Waals surface area contributed by atoms with Crippen LogP contribution in [0.25, 0.3) is 10.8 Å². The van der Waals surface area contributed by atoms with Crippen LogP contribution in [-0.4, -0.2) is 30.6 Å². The predicted octanol–water partition coefficient (Wildman–Crippen LogP) is 2.82. The molecule has 1 unspecified atom stereocenters. The van der Waals surface area contributed by atoms with Crippen molar-refractivity contribution in [2.24, 2.45) is 5.92 Å². The van der Waals surface area contributed by atoms with Gasteiger partial charge in [-0.1, -0.05) is 30.3 Å². The number of methoxy groups -OCH3 is 1. The van der Waals surface area contributed by atoms with Crippen molar-refractivity contribution < 1.29 is 32.6 Å². The highest BCUT2D eigenvalue weighted by molar-refractivity contribution is 6.16. The van der Waals surface area contributed by atoms with Crippen molar-refractivity contribution in [1.82, 2.24) is 0 Å². The van der Waals surface area contributed by atoms with E-state index in [9.17, 15) is 27.9 Å². The fraction of sp³-hybridized carbons (Fsp3) is 0.250. The quantitative estimate of drug-likeness (QED) is 0.533. The number of alkyl halides is 3. The Balaban J connectivity index is 2.74. The number of carbonyl (C=O) groups is 2. The molecule has 0 aliphatic heterocycles. The third kappa shape index (κ3) is 3.19. The van der Waals surface area contributed by atoms with E-state index in [0.29, 0.717) is 5.39 Å². The van der Waals surface area contributed by atoms with Crippen LogP contribution in [0, 0.1) is 5.92 Å². The molecule has 0 radical (unpaired) electrons. The summed E-state index contributed by atoms with van der Waals surface area (Å²) in [6.07, 6.45) is -4.77. The predicted molar refractivity (Wildman–Crippen MR) is 75.9 cm³/mol. The molecule has 1 atom stereocenters. The van der Waals surface area contributed by atoms with Gasteiger partial charge in [-0.25, -0.2) is 0 Å². The Hall–Kier alpha value is -2.41. The average molecular weight is 326 g/mol. The van der Waals surface area contributed by atoms with Crippen LogP contribution in [0.15, 0.2) is 36.4 Å². The van der Waals surface area contributed by atoms with Gasteiger partial charge >= 0.3 is 12.1 Å². The number of hydrogen-bond acceptors (Lipinski definition) is 4. The average Bonchev–Trinajstić information content (AvgIpc) is 2.53. The summed E-state index contributed by atoms with van der Waals surface area (Å²) in [6, 6.07) is 8.07. The van der Waals surface area contributed by atoms with Gasteiger partial charge in [-0.05, 0) is 16.8 Å². The Morgan fingerprint density at radius 2 is 1.83 bits per heavy atom. The van der Waals surface area contributed by atoms with Crippen molar-refractivity contribution >= 4 is 22.5 Å². The minimum atomic E-state index is -4.77. The zero-order chi connectivity index (χ0) is 17.2. The zero-order valence-corrected chi connectivity index (χ0v) is 12.1. The second-order valence-corrected chi connectivity index (χ2v) is 4.83. The monoisotopic (exact) mass is 326 g/mol. The van der Waals surface area contributed by atoms with Crippen molar-refractivity contribution in [3.8, 4) is 0 Å². The Morgan fingerprint density at radius 3 is 2.39 bits per heavy atom. The van der Waals surface area contributed by atoms with E-state index in [1.54, 1.807) is 12.1 Å². The molecule has 0 saturated carbocycles. The molecule has 23 heavy (non-hydrogen) atoms. The number of esters is 1. The Kier molecular flexibility index (Phi) is 4.70. The van der Waals surface area contributed by atoms with Crippen molar-refractivity contribution in [2.45, 2.75) is 6.18 Å². The molecule has 2 aromatic rings. The lowest BCUT2D eigenvalue weighted by molar-refractivity contribution is -0.145. The summed E-state index contributed by atoms with van der Waals surface area (Å²) in [6.45, 7) is -0.938. The number of halogens is 3. The van der Waals surface area contributed by atoms with Crippen LogP contribution >= 0.6 is 0 Å². The van der Waals surface area contributed by atoms with Crippen LogP contribution in [0.5, 0.6) is 0 Å². The van der Waals surface area contributed by atoms with Gasteiger partial charge in [-0.2, -0.15) is 13.2 Å². The van der Waals surface area contributed by atoms with Crippen LogP contribution in [0.4, 0.5) is 13.2 Å². The number of ether oxygens (including phenoxy) is 1. The van der Waals surface area contributed by atoms with Crippen molar-refractivity contribution in [1.29, 1.82) is 0 Å². The molecule has 1 N–H and O–H groups in total. The molecule has 0 saturated heterocycles. The van der Waals surface area contributed by atoms with Gasteiger partial charge in [-0.3, -0.25) is 9.59 Å². The van der Waals surface area contributed by atoms with Crippen molar-refractivity contribution in [2.75, 3.05) is 13.7 Å². The largest absolute Gasteiger partial charge is 0.468 e. The number of benzene rings is 2. The van der Waals surface area contributed by atoms with Gasteiger partial charge in [0, 0.05) is 5.56 Å². The number of aliphatic hydroxyl groups is 1. The number of Topliss-reactive ketones (excluding diaryl/α,β-unsaturated/α-hetero) is 1. The first-order valence-electron chi connectivity index (χ1n) is 6.63. The van der Waals surface area contributed by atoms with E-state index in [-0.39, 0.29) is 5.39 Å². The van der Waals surface area contributed by atoms with Crippen LogP contribution in [0.2, 0.25) is 0 Å². The highest BCUT2D eigenvalue weighted by atomic mass is 19.4. The van der Waals surface area contributed by atoms with Crippen LogP contribution in [0.3, 0.4) is 0 Å². The van der Waals surface area contributed by atoms with E-state index >= 15 is 0 Å². The van der Waals surface area contributed by atoms with Gasteiger partial charge in [-0.15, -0.1) is 0 Å². The minimum absolute atomic E-state index is 0.0645. The van der Waals surface area contributed by atoms with Gasteiger partial charge in [0.05, 0.1) is 19.3 Å². The third-order valence-electron chi connectivity index (χ3n) is 3.47. The molecule has 0 heterocycles. The fourth-order valence-corrected chi connectivity index (χ4v) is 2.35. The molecule has 0 amide bonds. The summed E-state index contributed by atoms with van der Waals surface area (Å²) in [4.78, 5) is 24.1. The van der Waals surface area contributed by atoms with Crippen LogP contribution in [-0.2, 0) is 15.7 Å². The van der Waals surface area contributed by atoms with Crippen molar-refractivity contribution in [3.05, 3.63) is 47.5 Å². The number of carbonyl (C=O) groups excluding carboxylic acids is 2. The second-order valence-electron chi connectivity index (χ2n) is 4.83. The standard InChI is InChI=1S/C16H13F3O4/c1-23-15(22)11(8-20)14(21)13-10-5-3-2-4-9(10)6-7-12(13)16(17,18)19/h2-7,11,20H,8H2,1H3. The maximum atomic E-state index is 13.3. The van der Waals surface area contributed by atoms with Gasteiger partial charge in [0.2, 0.25) is 0 Å². The van der Waals surface area contributed by atoms with E-state index in [2.05, 4.69) is 4.74 Å². The first kappa shape index (κ1) is 17.0. The number of aliphatic hydroxyl groups excluding tert-OH is 1. The van der Waals surface area contributed by atoms with Crippen LogP contribution < -0.4 is 0 Å². The lowest BCUT2D eigenvalue weighted by atomic mass is 9.89. The lowest BCUT2D eigenvalue weighted by Crippen LogP contribution is -2.30. The number of fused-ring (bicyclic) bond motifs is 1. The summed E-state index contributed by atoms with van der Waals surface area (Å²) in [5, 5.41) is 9.71. The molecule has 2 aromatic carbocycles. The minimum Gasteiger partial charge on any atom is -0.468 e. The van der Waals surface area contributed by atoms with Crippen molar-refractivity contribution in [3.63, 3.8) is 0 Å². The molecule has 0 spiro atoms. The molecule has 122 valence electrons. The molecule has 0 bridgehead atoms. The first-order chi connectivity index (χ1) is 10.8. The molecule has 0 aliphatic rings. The normalized spacial score (nSPS) is 12.9. The topological polar surface area (TPSA) is 63.6 Å². The number of hydrogen-bond donors (Lipinski definition) is 1. The summed E-state index contributed by atoms with van der Waals surface area (Å²) >= 11 is 0. The van der Waals surface area contributed by atoms with E-state index < -0.39 is 41.6 Å². The second kappa shape index (κ2) is 6.37. The molecule has 2 rings (SSSR count). The number of ketones is 1. The third-order valence-corrected chi connectivity index (χ3v) is 3.47. The molecule has 0 aliphatic carbocycles. The van der Waals surface area contributed by atoms with Crippen LogP contribution in [0.1, 0.15) is 15.9 Å². The maximum Gasteiger partial charge on any atom is 0.417 e. The Bertz CT molecular complexity index is 753. The fourth-order valence-electron chi connectivity index (χ4n) is 2.35. The van der Waals surface area contributed by atoms with E-state index in [4.69, 9.17) is 0 Å². The highest BCUT2D eigenvalue weighted by Gasteiger charge is 2.39. The van der Waals surface area contributed by atoms with E-state index in [1.807, 2.05) is 0 Å². The molecule has 0 fully saturated rings. The van der Waals surface area contributed by atoms with Gasteiger partial charge in [0.15, 0.2) is 5.78 Å². The summed E-state index contributed by atoms with van der Waals surface area (Å²) in [5.41, 5.74) is -1.79. The molecule has 4 nitrogen and oxygen atoms in total. The molecule has 0 aromatic heterocycles. The summed E-state index contributed by atoms with van der Waals surface area (Å²) in [5.74, 6) is -3.91. The summed E-state index contributed by atoms with van der Waals surface area (Å²) < 4.78 is 44.2. The van der Waals surface area contributed by atoms with Gasteiger partial charge < -0.3 is 9.84 Å².